The summed E-state index contributed by atoms with van der Waals surface area (Å²) in [5, 5.41) is 2.93. The number of aromatic nitrogens is 2. The smallest absolute Gasteiger partial charge is 0.251 e. The van der Waals surface area contributed by atoms with E-state index in [1.807, 2.05) is 28.8 Å². The Morgan fingerprint density at radius 2 is 2.00 bits per heavy atom. The van der Waals surface area contributed by atoms with Crippen LogP contribution in [0, 0.1) is 0 Å². The summed E-state index contributed by atoms with van der Waals surface area (Å²) < 4.78 is 29.5. The van der Waals surface area contributed by atoms with Crippen LogP contribution in [0.15, 0.2) is 53.7 Å². The molecule has 9 heteroatoms. The fourth-order valence-electron chi connectivity index (χ4n) is 3.08. The number of aryl methyl sites for hydroxylation is 1. The molecule has 29 heavy (non-hydrogen) atoms. The molecule has 2 N–H and O–H groups in total. The van der Waals surface area contributed by atoms with E-state index in [0.29, 0.717) is 19.5 Å². The molecule has 0 unspecified atom stereocenters. The van der Waals surface area contributed by atoms with Crippen molar-refractivity contribution in [2.24, 2.45) is 0 Å². The first-order valence-corrected chi connectivity index (χ1v) is 11.3. The summed E-state index contributed by atoms with van der Waals surface area (Å²) in [6.07, 6.45) is 4.15. The van der Waals surface area contributed by atoms with E-state index in [-0.39, 0.29) is 27.4 Å². The molecule has 152 valence electrons. The number of nitrogens with one attached hydrogen (secondary N) is 2. The van der Waals surface area contributed by atoms with Gasteiger partial charge < -0.3 is 9.88 Å². The number of carbonyl (C=O) groups excluding carboxylic acids is 1. The van der Waals surface area contributed by atoms with Crippen LogP contribution in [0.4, 0.5) is 0 Å². The quantitative estimate of drug-likeness (QED) is 0.535. The van der Waals surface area contributed by atoms with Crippen molar-refractivity contribution >= 4 is 38.6 Å². The number of hydrogen-bond acceptors (Lipinski definition) is 4. The van der Waals surface area contributed by atoms with Gasteiger partial charge in [0.2, 0.25) is 10.0 Å². The summed E-state index contributed by atoms with van der Waals surface area (Å²) in [6, 6.07) is 12.1. The van der Waals surface area contributed by atoms with Gasteiger partial charge in [-0.2, -0.15) is 0 Å². The lowest BCUT2D eigenvalue weighted by molar-refractivity contribution is 0.0952. The Hall–Kier alpha value is -2.42. The first-order chi connectivity index (χ1) is 13.9. The number of fused-ring (bicyclic) bond motifs is 1. The fourth-order valence-corrected chi connectivity index (χ4v) is 4.91. The third-order valence-electron chi connectivity index (χ3n) is 4.77. The first-order valence-electron chi connectivity index (χ1n) is 9.44. The van der Waals surface area contributed by atoms with Gasteiger partial charge in [0.1, 0.15) is 4.90 Å². The number of benzene rings is 2. The summed E-state index contributed by atoms with van der Waals surface area (Å²) in [5.74, 6) is -0.333. The Morgan fingerprint density at radius 1 is 1.21 bits per heavy atom. The van der Waals surface area contributed by atoms with Gasteiger partial charge in [-0.25, -0.2) is 18.1 Å². The molecular weight excluding hydrogens is 412 g/mol. The van der Waals surface area contributed by atoms with E-state index >= 15 is 0 Å². The van der Waals surface area contributed by atoms with Crippen molar-refractivity contribution in [3.63, 3.8) is 0 Å². The van der Waals surface area contributed by atoms with Crippen LogP contribution in [0.2, 0.25) is 5.02 Å². The third kappa shape index (κ3) is 4.60. The Bertz CT molecular complexity index is 1160. The van der Waals surface area contributed by atoms with Gasteiger partial charge in [-0.1, -0.05) is 23.7 Å². The van der Waals surface area contributed by atoms with Gasteiger partial charge in [-0.15, -0.1) is 0 Å². The maximum Gasteiger partial charge on any atom is 0.251 e. The molecule has 3 aromatic rings. The number of amides is 1. The summed E-state index contributed by atoms with van der Waals surface area (Å²) in [7, 11) is -3.73. The fraction of sp³-hybridized carbons (Fsp3) is 0.300. The normalized spacial score (nSPS) is 14.2. The highest BCUT2D eigenvalue weighted by Crippen LogP contribution is 2.26. The van der Waals surface area contributed by atoms with Crippen molar-refractivity contribution < 1.29 is 13.2 Å². The molecule has 1 amide bonds. The molecule has 0 radical (unpaired) electrons. The number of imidazole rings is 1. The lowest BCUT2D eigenvalue weighted by Crippen LogP contribution is -2.28. The molecule has 0 aliphatic heterocycles. The van der Waals surface area contributed by atoms with E-state index in [0.717, 1.165) is 23.9 Å². The second-order valence-corrected chi connectivity index (χ2v) is 9.17. The van der Waals surface area contributed by atoms with Crippen LogP contribution >= 0.6 is 11.6 Å². The summed E-state index contributed by atoms with van der Waals surface area (Å²) >= 11 is 6.06. The number of carbonyl (C=O) groups is 1. The second-order valence-electron chi connectivity index (χ2n) is 7.08. The van der Waals surface area contributed by atoms with Gasteiger partial charge in [0.15, 0.2) is 0 Å². The van der Waals surface area contributed by atoms with Gasteiger partial charge in [0, 0.05) is 24.7 Å². The molecule has 1 saturated carbocycles. The van der Waals surface area contributed by atoms with Crippen molar-refractivity contribution in [2.75, 3.05) is 6.54 Å². The van der Waals surface area contributed by atoms with Gasteiger partial charge >= 0.3 is 0 Å². The Balaban J connectivity index is 1.36. The van der Waals surface area contributed by atoms with Gasteiger partial charge in [-0.3, -0.25) is 4.79 Å². The standard InChI is InChI=1S/C20H21ClN4O3S/c21-16-9-6-14(12-19(16)29(27,28)24-15-7-8-15)20(26)22-10-3-11-25-13-23-17-4-1-2-5-18(17)25/h1-2,4-6,9,12-13,15,24H,3,7-8,10-11H2,(H,22,26). The third-order valence-corrected chi connectivity index (χ3v) is 6.77. The van der Waals surface area contributed by atoms with Crippen LogP contribution < -0.4 is 10.0 Å². The summed E-state index contributed by atoms with van der Waals surface area (Å²) in [5.41, 5.74) is 2.25. The molecule has 1 heterocycles. The minimum absolute atomic E-state index is 0.0344. The van der Waals surface area contributed by atoms with Gasteiger partial charge in [0.05, 0.1) is 22.4 Å². The van der Waals surface area contributed by atoms with Crippen molar-refractivity contribution in [1.29, 1.82) is 0 Å². The predicted molar refractivity (Wildman–Crippen MR) is 111 cm³/mol. The van der Waals surface area contributed by atoms with Crippen LogP contribution in [0.5, 0.6) is 0 Å². The Labute approximate surface area is 174 Å². The van der Waals surface area contributed by atoms with E-state index in [1.165, 1.54) is 18.2 Å². The average molecular weight is 433 g/mol. The van der Waals surface area contributed by atoms with Crippen molar-refractivity contribution in [3.8, 4) is 0 Å². The SMILES string of the molecule is O=C(NCCCn1cnc2ccccc21)c1ccc(Cl)c(S(=O)(=O)NC2CC2)c1. The maximum atomic E-state index is 12.5. The highest BCUT2D eigenvalue weighted by atomic mass is 35.5. The summed E-state index contributed by atoms with van der Waals surface area (Å²) in [6.45, 7) is 1.17. The molecule has 0 bridgehead atoms. The lowest BCUT2D eigenvalue weighted by Gasteiger charge is -2.10. The number of sulfonamides is 1. The van der Waals surface area contributed by atoms with Gasteiger partial charge in [-0.05, 0) is 49.6 Å². The van der Waals surface area contributed by atoms with E-state index in [2.05, 4.69) is 15.0 Å². The van der Waals surface area contributed by atoms with E-state index < -0.39 is 10.0 Å². The maximum absolute atomic E-state index is 12.5. The number of halogens is 1. The molecule has 1 fully saturated rings. The van der Waals surface area contributed by atoms with E-state index in [4.69, 9.17) is 11.6 Å². The predicted octanol–water partition coefficient (Wildman–Crippen LogP) is 2.95. The van der Waals surface area contributed by atoms with Crippen LogP contribution in [0.1, 0.15) is 29.6 Å². The molecule has 0 saturated heterocycles. The zero-order valence-electron chi connectivity index (χ0n) is 15.6. The average Bonchev–Trinajstić information content (AvgIpc) is 3.41. The van der Waals surface area contributed by atoms with Crippen LogP contribution in [0.3, 0.4) is 0 Å². The highest BCUT2D eigenvalue weighted by Gasteiger charge is 2.29. The lowest BCUT2D eigenvalue weighted by atomic mass is 10.2. The zero-order chi connectivity index (χ0) is 20.4. The molecule has 0 spiro atoms. The van der Waals surface area contributed by atoms with Crippen molar-refractivity contribution in [1.82, 2.24) is 19.6 Å². The molecule has 4 rings (SSSR count). The largest absolute Gasteiger partial charge is 0.352 e. The molecule has 7 nitrogen and oxygen atoms in total. The van der Waals surface area contributed by atoms with Gasteiger partial charge in [0.25, 0.3) is 5.91 Å². The molecule has 1 aromatic heterocycles. The van der Waals surface area contributed by atoms with Crippen molar-refractivity contribution in [2.45, 2.75) is 36.7 Å². The van der Waals surface area contributed by atoms with Crippen molar-refractivity contribution in [3.05, 3.63) is 59.4 Å². The molecule has 1 aliphatic rings. The second kappa shape index (κ2) is 8.14. The minimum Gasteiger partial charge on any atom is -0.352 e. The highest BCUT2D eigenvalue weighted by molar-refractivity contribution is 7.89. The van der Waals surface area contributed by atoms with E-state index in [9.17, 15) is 13.2 Å². The number of para-hydroxylation sites is 2. The van der Waals surface area contributed by atoms with Crippen LogP contribution in [-0.2, 0) is 16.6 Å². The first kappa shape index (κ1) is 19.9. The molecular formula is C20H21ClN4O3S. The topological polar surface area (TPSA) is 93.1 Å². The number of hydrogen-bond donors (Lipinski definition) is 2. The van der Waals surface area contributed by atoms with E-state index in [1.54, 1.807) is 6.33 Å². The monoisotopic (exact) mass is 432 g/mol. The number of nitrogens with zero attached hydrogens (tertiary/aromatic N) is 2. The Morgan fingerprint density at radius 3 is 2.79 bits per heavy atom. The molecule has 2 aromatic carbocycles. The zero-order valence-corrected chi connectivity index (χ0v) is 17.2. The minimum atomic E-state index is -3.73. The molecule has 0 atom stereocenters. The van der Waals surface area contributed by atoms with Crippen LogP contribution in [0.25, 0.3) is 11.0 Å². The number of rotatable bonds is 8. The molecule has 1 aliphatic carbocycles. The Kier molecular flexibility index (Phi) is 5.58. The summed E-state index contributed by atoms with van der Waals surface area (Å²) in [4.78, 5) is 16.7. The van der Waals surface area contributed by atoms with Crippen LogP contribution in [-0.4, -0.2) is 36.5 Å².